The van der Waals surface area contributed by atoms with Crippen LogP contribution in [0.25, 0.3) is 11.1 Å². The molecule has 2 N–H and O–H groups in total. The number of hydrogen-bond acceptors (Lipinski definition) is 4. The largest absolute Gasteiger partial charge is 0.359 e. The van der Waals surface area contributed by atoms with Gasteiger partial charge in [0.2, 0.25) is 11.8 Å². The van der Waals surface area contributed by atoms with Crippen LogP contribution in [0.3, 0.4) is 0 Å². The summed E-state index contributed by atoms with van der Waals surface area (Å²) in [6.45, 7) is 1.92. The van der Waals surface area contributed by atoms with Gasteiger partial charge in [0, 0.05) is 13.0 Å². The van der Waals surface area contributed by atoms with Crippen molar-refractivity contribution in [2.24, 2.45) is 5.92 Å². The maximum Gasteiger partial charge on any atom is 0.286 e. The van der Waals surface area contributed by atoms with Gasteiger partial charge in [-0.1, -0.05) is 67.2 Å². The van der Waals surface area contributed by atoms with Gasteiger partial charge in [0.15, 0.2) is 0 Å². The molecule has 2 atom stereocenters. The molecule has 1 heterocycles. The quantitative estimate of drug-likeness (QED) is 0.805. The van der Waals surface area contributed by atoms with Crippen molar-refractivity contribution in [1.29, 1.82) is 0 Å². The predicted molar refractivity (Wildman–Crippen MR) is 107 cm³/mol. The number of hydrogen-bond donors (Lipinski definition) is 2. The second-order valence-electron chi connectivity index (χ2n) is 6.70. The van der Waals surface area contributed by atoms with Gasteiger partial charge in [-0.25, -0.2) is 0 Å². The average molecular weight is 382 g/mol. The van der Waals surface area contributed by atoms with Gasteiger partial charge in [0.05, 0.1) is 5.25 Å². The Morgan fingerprint density at radius 1 is 1.11 bits per heavy atom. The van der Waals surface area contributed by atoms with E-state index in [4.69, 9.17) is 0 Å². The summed E-state index contributed by atoms with van der Waals surface area (Å²) in [6, 6.07) is 16.2. The number of nitrogens with one attached hydrogen (secondary N) is 2. The van der Waals surface area contributed by atoms with E-state index in [1.54, 1.807) is 7.05 Å². The van der Waals surface area contributed by atoms with Crippen LogP contribution >= 0.6 is 11.8 Å². The summed E-state index contributed by atoms with van der Waals surface area (Å²) >= 11 is 1.05. The Bertz CT molecular complexity index is 864. The van der Waals surface area contributed by atoms with Gasteiger partial charge in [0.1, 0.15) is 0 Å². The fraction of sp³-hybridized carbons (Fsp3) is 0.286. The Labute approximate surface area is 162 Å². The monoisotopic (exact) mass is 382 g/mol. The lowest BCUT2D eigenvalue weighted by molar-refractivity contribution is -0.124. The number of carbonyl (C=O) groups is 3. The molecule has 140 valence electrons. The summed E-state index contributed by atoms with van der Waals surface area (Å²) in [5, 5.41) is 4.37. The second kappa shape index (κ2) is 8.39. The summed E-state index contributed by atoms with van der Waals surface area (Å²) < 4.78 is 0. The van der Waals surface area contributed by atoms with Crippen LogP contribution in [-0.2, 0) is 22.4 Å². The van der Waals surface area contributed by atoms with Crippen molar-refractivity contribution in [2.45, 2.75) is 25.0 Å². The SMILES string of the molecule is CNC(=O)C(C)Cc1cccc(-c2ccc(CC3SC(=O)NC3=O)cc2)c1. The van der Waals surface area contributed by atoms with E-state index in [9.17, 15) is 14.4 Å². The molecule has 2 aromatic rings. The summed E-state index contributed by atoms with van der Waals surface area (Å²) in [5.41, 5.74) is 4.30. The summed E-state index contributed by atoms with van der Waals surface area (Å²) in [4.78, 5) is 34.7. The zero-order valence-corrected chi connectivity index (χ0v) is 16.1. The molecule has 0 aliphatic carbocycles. The molecule has 0 spiro atoms. The van der Waals surface area contributed by atoms with Crippen molar-refractivity contribution in [2.75, 3.05) is 7.05 Å². The van der Waals surface area contributed by atoms with Gasteiger partial charge in [-0.05, 0) is 35.1 Å². The molecule has 2 aromatic carbocycles. The van der Waals surface area contributed by atoms with Crippen molar-refractivity contribution in [3.8, 4) is 11.1 Å². The molecule has 3 amide bonds. The van der Waals surface area contributed by atoms with Crippen LogP contribution in [-0.4, -0.2) is 29.4 Å². The molecule has 3 rings (SSSR count). The molecule has 0 radical (unpaired) electrons. The molecule has 2 unspecified atom stereocenters. The average Bonchev–Trinajstić information content (AvgIpc) is 2.98. The zero-order chi connectivity index (χ0) is 19.4. The smallest absolute Gasteiger partial charge is 0.286 e. The van der Waals surface area contributed by atoms with Crippen molar-refractivity contribution < 1.29 is 14.4 Å². The van der Waals surface area contributed by atoms with E-state index in [-0.39, 0.29) is 28.2 Å². The topological polar surface area (TPSA) is 75.3 Å². The Morgan fingerprint density at radius 3 is 2.48 bits per heavy atom. The van der Waals surface area contributed by atoms with E-state index in [0.717, 1.165) is 34.0 Å². The number of rotatable bonds is 6. The number of thioether (sulfide) groups is 1. The first-order valence-electron chi connectivity index (χ1n) is 8.87. The molecule has 1 aliphatic rings. The van der Waals surface area contributed by atoms with Crippen LogP contribution < -0.4 is 10.6 Å². The minimum absolute atomic E-state index is 0.0389. The van der Waals surface area contributed by atoms with Crippen LogP contribution in [0.15, 0.2) is 48.5 Å². The number of benzene rings is 2. The van der Waals surface area contributed by atoms with Gasteiger partial charge < -0.3 is 5.32 Å². The second-order valence-corrected chi connectivity index (χ2v) is 7.88. The number of carbonyl (C=O) groups excluding carboxylic acids is 3. The van der Waals surface area contributed by atoms with Crippen LogP contribution in [0.4, 0.5) is 4.79 Å². The highest BCUT2D eigenvalue weighted by atomic mass is 32.2. The lowest BCUT2D eigenvalue weighted by atomic mass is 9.96. The molecular formula is C21H22N2O3S. The van der Waals surface area contributed by atoms with E-state index in [2.05, 4.69) is 16.7 Å². The Balaban J connectivity index is 1.70. The van der Waals surface area contributed by atoms with E-state index in [1.165, 1.54) is 0 Å². The fourth-order valence-corrected chi connectivity index (χ4v) is 4.01. The first-order chi connectivity index (χ1) is 13.0. The predicted octanol–water partition coefficient (Wildman–Crippen LogP) is 3.17. The van der Waals surface area contributed by atoms with Crippen molar-refractivity contribution in [1.82, 2.24) is 10.6 Å². The van der Waals surface area contributed by atoms with Gasteiger partial charge in [-0.2, -0.15) is 0 Å². The molecule has 0 bridgehead atoms. The maximum absolute atomic E-state index is 11.7. The Morgan fingerprint density at radius 2 is 1.85 bits per heavy atom. The first-order valence-corrected chi connectivity index (χ1v) is 9.75. The summed E-state index contributed by atoms with van der Waals surface area (Å²) in [7, 11) is 1.65. The molecule has 1 aliphatic heterocycles. The fourth-order valence-electron chi connectivity index (χ4n) is 3.15. The van der Waals surface area contributed by atoms with Crippen LogP contribution in [0, 0.1) is 5.92 Å². The van der Waals surface area contributed by atoms with Crippen molar-refractivity contribution in [3.05, 3.63) is 59.7 Å². The first kappa shape index (κ1) is 19.2. The van der Waals surface area contributed by atoms with E-state index < -0.39 is 0 Å². The normalized spacial score (nSPS) is 17.5. The molecule has 27 heavy (non-hydrogen) atoms. The third-order valence-electron chi connectivity index (χ3n) is 4.64. The van der Waals surface area contributed by atoms with E-state index in [1.807, 2.05) is 49.4 Å². The van der Waals surface area contributed by atoms with Gasteiger partial charge in [0.25, 0.3) is 5.24 Å². The number of imide groups is 1. The molecule has 1 fully saturated rings. The standard InChI is InChI=1S/C21H22N2O3S/c1-13(19(24)22-2)10-15-4-3-5-17(11-15)16-8-6-14(7-9-16)12-18-20(25)23-21(26)27-18/h3-9,11,13,18H,10,12H2,1-2H3,(H,22,24)(H,23,25,26). The maximum atomic E-state index is 11.7. The molecular weight excluding hydrogens is 360 g/mol. The molecule has 0 saturated carbocycles. The van der Waals surface area contributed by atoms with Crippen molar-refractivity contribution in [3.63, 3.8) is 0 Å². The lowest BCUT2D eigenvalue weighted by Crippen LogP contribution is -2.26. The summed E-state index contributed by atoms with van der Waals surface area (Å²) in [5.74, 6) is -0.255. The van der Waals surface area contributed by atoms with E-state index >= 15 is 0 Å². The third-order valence-corrected chi connectivity index (χ3v) is 5.62. The minimum atomic E-state index is -0.349. The lowest BCUT2D eigenvalue weighted by Gasteiger charge is -2.11. The van der Waals surface area contributed by atoms with Crippen LogP contribution in [0.1, 0.15) is 18.1 Å². The van der Waals surface area contributed by atoms with Crippen molar-refractivity contribution >= 4 is 28.8 Å². The minimum Gasteiger partial charge on any atom is -0.359 e. The van der Waals surface area contributed by atoms with Crippen LogP contribution in [0.5, 0.6) is 0 Å². The molecule has 5 nitrogen and oxygen atoms in total. The highest BCUT2D eigenvalue weighted by molar-refractivity contribution is 8.15. The Hall–Kier alpha value is -2.60. The van der Waals surface area contributed by atoms with Crippen LogP contribution in [0.2, 0.25) is 0 Å². The number of amides is 3. The zero-order valence-electron chi connectivity index (χ0n) is 15.3. The highest BCUT2D eigenvalue weighted by Gasteiger charge is 2.31. The molecule has 6 heteroatoms. The summed E-state index contributed by atoms with van der Waals surface area (Å²) in [6.07, 6.45) is 1.22. The van der Waals surface area contributed by atoms with Gasteiger partial charge >= 0.3 is 0 Å². The van der Waals surface area contributed by atoms with Gasteiger partial charge in [-0.15, -0.1) is 0 Å². The highest BCUT2D eigenvalue weighted by Crippen LogP contribution is 2.26. The molecule has 0 aromatic heterocycles. The van der Waals surface area contributed by atoms with E-state index in [0.29, 0.717) is 12.8 Å². The molecule has 1 saturated heterocycles. The van der Waals surface area contributed by atoms with Gasteiger partial charge in [-0.3, -0.25) is 19.7 Å². The third kappa shape index (κ3) is 4.77. The Kier molecular flexibility index (Phi) is 5.96.